The molecular formula is C25H26ClN3O5S2. The van der Waals surface area contributed by atoms with E-state index in [2.05, 4.69) is 5.32 Å². The first-order valence-electron chi connectivity index (χ1n) is 11.2. The van der Waals surface area contributed by atoms with Crippen molar-refractivity contribution in [2.45, 2.75) is 11.8 Å². The van der Waals surface area contributed by atoms with Crippen molar-refractivity contribution < 1.29 is 22.7 Å². The minimum atomic E-state index is -3.63. The number of halogens is 1. The number of benzene rings is 2. The summed E-state index contributed by atoms with van der Waals surface area (Å²) in [5.74, 6) is -0.811. The summed E-state index contributed by atoms with van der Waals surface area (Å²) in [6.07, 6.45) is 0. The number of carbonyl (C=O) groups is 2. The summed E-state index contributed by atoms with van der Waals surface area (Å²) in [6, 6.07) is 13.8. The molecular weight excluding hydrogens is 522 g/mol. The number of thiophene rings is 1. The molecule has 1 fully saturated rings. The molecule has 2 heterocycles. The zero-order valence-corrected chi connectivity index (χ0v) is 22.3. The van der Waals surface area contributed by atoms with Crippen LogP contribution in [0.4, 0.5) is 5.00 Å². The number of hydrogen-bond acceptors (Lipinski definition) is 7. The molecule has 0 saturated carbocycles. The summed E-state index contributed by atoms with van der Waals surface area (Å²) in [5, 5.41) is 5.56. The average Bonchev–Trinajstić information content (AvgIpc) is 3.27. The summed E-state index contributed by atoms with van der Waals surface area (Å²) in [6.45, 7) is 3.40. The van der Waals surface area contributed by atoms with Gasteiger partial charge in [0.05, 0.1) is 18.6 Å². The van der Waals surface area contributed by atoms with Gasteiger partial charge in [0, 0.05) is 42.1 Å². The fraction of sp³-hybridized carbons (Fsp3) is 0.280. The van der Waals surface area contributed by atoms with Crippen LogP contribution in [0, 0.1) is 6.92 Å². The highest BCUT2D eigenvalue weighted by Gasteiger charge is 2.29. The highest BCUT2D eigenvalue weighted by Crippen LogP contribution is 2.36. The lowest BCUT2D eigenvalue weighted by Gasteiger charge is -2.33. The third-order valence-electron chi connectivity index (χ3n) is 5.95. The van der Waals surface area contributed by atoms with Crippen molar-refractivity contribution in [3.05, 3.63) is 70.1 Å². The van der Waals surface area contributed by atoms with E-state index in [1.165, 1.54) is 34.9 Å². The Morgan fingerprint density at radius 1 is 1.03 bits per heavy atom. The first-order chi connectivity index (χ1) is 17.2. The minimum Gasteiger partial charge on any atom is -0.465 e. The van der Waals surface area contributed by atoms with Crippen molar-refractivity contribution >= 4 is 49.8 Å². The van der Waals surface area contributed by atoms with Gasteiger partial charge in [-0.25, -0.2) is 13.2 Å². The normalized spacial score (nSPS) is 15.0. The highest BCUT2D eigenvalue weighted by atomic mass is 35.5. The fourth-order valence-corrected chi connectivity index (χ4v) is 6.47. The number of carbonyl (C=O) groups excluding carboxylic acids is 2. The Hall–Kier alpha value is -2.76. The highest BCUT2D eigenvalue weighted by molar-refractivity contribution is 7.89. The van der Waals surface area contributed by atoms with Crippen LogP contribution in [0.15, 0.2) is 58.8 Å². The van der Waals surface area contributed by atoms with Crippen molar-refractivity contribution in [3.63, 3.8) is 0 Å². The van der Waals surface area contributed by atoms with E-state index < -0.39 is 16.0 Å². The molecule has 1 aliphatic rings. The molecule has 0 aliphatic carbocycles. The molecule has 36 heavy (non-hydrogen) atoms. The Kier molecular flexibility index (Phi) is 8.11. The number of methoxy groups -OCH3 is 1. The van der Waals surface area contributed by atoms with Crippen LogP contribution >= 0.6 is 22.9 Å². The van der Waals surface area contributed by atoms with Gasteiger partial charge in [-0.2, -0.15) is 4.31 Å². The Morgan fingerprint density at radius 3 is 2.28 bits per heavy atom. The number of anilines is 1. The van der Waals surface area contributed by atoms with Gasteiger partial charge in [-0.05, 0) is 36.8 Å². The second-order valence-electron chi connectivity index (χ2n) is 8.39. The molecule has 1 saturated heterocycles. The molecule has 2 aromatic carbocycles. The van der Waals surface area contributed by atoms with Crippen molar-refractivity contribution in [2.24, 2.45) is 0 Å². The Labute approximate surface area is 219 Å². The molecule has 11 heteroatoms. The lowest BCUT2D eigenvalue weighted by atomic mass is 10.0. The second kappa shape index (κ2) is 11.1. The maximum Gasteiger partial charge on any atom is 0.341 e. The molecule has 4 rings (SSSR count). The van der Waals surface area contributed by atoms with Crippen molar-refractivity contribution in [2.75, 3.05) is 45.2 Å². The van der Waals surface area contributed by atoms with Gasteiger partial charge >= 0.3 is 5.97 Å². The molecule has 0 bridgehead atoms. The maximum absolute atomic E-state index is 12.9. The summed E-state index contributed by atoms with van der Waals surface area (Å²) in [7, 11) is -2.32. The van der Waals surface area contributed by atoms with Gasteiger partial charge in [-0.3, -0.25) is 9.69 Å². The summed E-state index contributed by atoms with van der Waals surface area (Å²) >= 11 is 7.13. The van der Waals surface area contributed by atoms with Crippen molar-refractivity contribution in [1.82, 2.24) is 9.21 Å². The Bertz CT molecular complexity index is 1350. The van der Waals surface area contributed by atoms with Crippen LogP contribution in [-0.2, 0) is 19.6 Å². The second-order valence-corrected chi connectivity index (χ2v) is 11.6. The van der Waals surface area contributed by atoms with E-state index in [0.29, 0.717) is 34.2 Å². The lowest BCUT2D eigenvalue weighted by molar-refractivity contribution is -0.117. The molecule has 0 atom stereocenters. The van der Waals surface area contributed by atoms with Crippen LogP contribution in [-0.4, -0.2) is 69.3 Å². The van der Waals surface area contributed by atoms with Crippen LogP contribution in [0.2, 0.25) is 5.02 Å². The fourth-order valence-electron chi connectivity index (χ4n) is 3.95. The largest absolute Gasteiger partial charge is 0.465 e. The molecule has 1 aromatic heterocycles. The maximum atomic E-state index is 12.9. The van der Waals surface area contributed by atoms with Crippen LogP contribution in [0.5, 0.6) is 0 Å². The number of aryl methyl sites for hydroxylation is 1. The first kappa shape index (κ1) is 26.3. The number of ether oxygens (including phenoxy) is 1. The molecule has 8 nitrogen and oxygen atoms in total. The van der Waals surface area contributed by atoms with E-state index in [-0.39, 0.29) is 30.4 Å². The number of amides is 1. The Morgan fingerprint density at radius 2 is 1.67 bits per heavy atom. The van der Waals surface area contributed by atoms with Crippen molar-refractivity contribution in [3.8, 4) is 11.1 Å². The van der Waals surface area contributed by atoms with Crippen LogP contribution in [0.3, 0.4) is 0 Å². The van der Waals surface area contributed by atoms with E-state index in [0.717, 1.165) is 11.1 Å². The molecule has 0 spiro atoms. The van der Waals surface area contributed by atoms with E-state index >= 15 is 0 Å². The van der Waals surface area contributed by atoms with Crippen LogP contribution < -0.4 is 5.32 Å². The third-order valence-corrected chi connectivity index (χ3v) is 9.01. The minimum absolute atomic E-state index is 0.0766. The zero-order valence-electron chi connectivity index (χ0n) is 19.9. The zero-order chi connectivity index (χ0) is 25.9. The van der Waals surface area contributed by atoms with Gasteiger partial charge < -0.3 is 10.1 Å². The monoisotopic (exact) mass is 547 g/mol. The molecule has 1 N–H and O–H groups in total. The van der Waals surface area contributed by atoms with Gasteiger partial charge in [0.2, 0.25) is 15.9 Å². The smallest absolute Gasteiger partial charge is 0.341 e. The predicted octanol–water partition coefficient (Wildman–Crippen LogP) is 4.11. The number of sulfonamides is 1. The van der Waals surface area contributed by atoms with Crippen LogP contribution in [0.25, 0.3) is 11.1 Å². The predicted molar refractivity (Wildman–Crippen MR) is 141 cm³/mol. The van der Waals surface area contributed by atoms with E-state index in [4.69, 9.17) is 16.3 Å². The number of esters is 1. The SMILES string of the molecule is COC(=O)c1c(-c2ccc(C)cc2)csc1NC(=O)CN1CCN(S(=O)(=O)c2ccc(Cl)cc2)CC1. The molecule has 1 aliphatic heterocycles. The van der Waals surface area contributed by atoms with Crippen molar-refractivity contribution in [1.29, 1.82) is 0 Å². The number of rotatable bonds is 7. The van der Waals surface area contributed by atoms with Gasteiger partial charge in [0.15, 0.2) is 0 Å². The number of nitrogens with zero attached hydrogens (tertiary/aromatic N) is 2. The van der Waals surface area contributed by atoms with Crippen LogP contribution in [0.1, 0.15) is 15.9 Å². The van der Waals surface area contributed by atoms with Gasteiger partial charge in [0.25, 0.3) is 0 Å². The standard InChI is InChI=1S/C25H26ClN3O5S2/c1-17-3-5-18(6-4-17)21-16-35-24(23(21)25(31)34-2)27-22(30)15-28-11-13-29(14-12-28)36(32,33)20-9-7-19(26)8-10-20/h3-10,16H,11-15H2,1-2H3,(H,27,30). The topological polar surface area (TPSA) is 96.0 Å². The molecule has 1 amide bonds. The number of hydrogen-bond donors (Lipinski definition) is 1. The van der Waals surface area contributed by atoms with E-state index in [1.807, 2.05) is 41.5 Å². The van der Waals surface area contributed by atoms with E-state index in [9.17, 15) is 18.0 Å². The molecule has 0 unspecified atom stereocenters. The summed E-state index contributed by atoms with van der Waals surface area (Å²) in [4.78, 5) is 27.4. The molecule has 190 valence electrons. The molecule has 3 aromatic rings. The van der Waals surface area contributed by atoms with E-state index in [1.54, 1.807) is 12.1 Å². The lowest BCUT2D eigenvalue weighted by Crippen LogP contribution is -2.50. The first-order valence-corrected chi connectivity index (χ1v) is 13.9. The number of nitrogens with one attached hydrogen (secondary N) is 1. The summed E-state index contributed by atoms with van der Waals surface area (Å²) < 4.78 is 32.1. The third kappa shape index (κ3) is 5.79. The summed E-state index contributed by atoms with van der Waals surface area (Å²) in [5.41, 5.74) is 2.97. The quantitative estimate of drug-likeness (QED) is 0.447. The average molecular weight is 548 g/mol. The Balaban J connectivity index is 1.40. The van der Waals surface area contributed by atoms with Gasteiger partial charge in [-0.1, -0.05) is 41.4 Å². The van der Waals surface area contributed by atoms with Gasteiger partial charge in [-0.15, -0.1) is 11.3 Å². The van der Waals surface area contributed by atoms with Gasteiger partial charge in [0.1, 0.15) is 10.6 Å². The number of piperazine rings is 1. The molecule has 0 radical (unpaired) electrons.